The topological polar surface area (TPSA) is 133 Å². The van der Waals surface area contributed by atoms with Gasteiger partial charge >= 0.3 is 42.7 Å². The number of rotatable bonds is 10. The SMILES string of the molecule is CC(NS(=O)(=O)c1ccc(O/C(=C(/C(F)(F)F)C(C(F)(F)F)(C(F)(F)C(F)(F)F)C(F)(F)C(F)(F)F)C(F)(F)F)cc1)C(C)[N+](C)(C)C.O=S(=O)([O-])O. The molecule has 0 aliphatic rings. The minimum absolute atomic E-state index is 0.130. The van der Waals surface area contributed by atoms with E-state index in [2.05, 4.69) is 9.46 Å². The van der Waals surface area contributed by atoms with Crippen LogP contribution in [0.15, 0.2) is 40.5 Å². The summed E-state index contributed by atoms with van der Waals surface area (Å²) in [6, 6.07) is -1.47. The molecule has 2 N–H and O–H groups in total. The minimum atomic E-state index is -9.14. The van der Waals surface area contributed by atoms with E-state index < -0.39 is 103 Å². The fourth-order valence-electron chi connectivity index (χ4n) is 4.08. The number of ether oxygens (including phenoxy) is 1. The standard InChI is InChI=1S/C23H22F19N2O3S.H2O4S/c1-10(11(2)44(3,4)5)43-48(45,46)13-8-6-12(7-9-13)47-15(18(27,28)29)14(17(24,25)26)16(21(34,35)36,19(30,31)22(37,38)39)20(32,33)23(40,41)42;1-5(2,3)4/h6-11,43H,1-5H3;(H2,1,2,3,4)/q+1;/p-1/b15-14+;. The number of benzene rings is 1. The number of nitrogens with one attached hydrogen (secondary N) is 1. The first-order valence-corrected chi connectivity index (χ1v) is 15.7. The third kappa shape index (κ3) is 11.1. The lowest BCUT2D eigenvalue weighted by Crippen LogP contribution is -2.73. The summed E-state index contributed by atoms with van der Waals surface area (Å²) in [7, 11) is -4.79. The highest BCUT2D eigenvalue weighted by molar-refractivity contribution is 7.89. The molecule has 0 bridgehead atoms. The number of likely N-dealkylation sites (N-methyl/N-ethyl adjacent to an activating group) is 1. The maximum atomic E-state index is 14.4. The van der Waals surface area contributed by atoms with Gasteiger partial charge in [-0.1, -0.05) is 0 Å². The Bertz CT molecular complexity index is 1640. The highest BCUT2D eigenvalue weighted by Gasteiger charge is 2.96. The van der Waals surface area contributed by atoms with Gasteiger partial charge in [0, 0.05) is 0 Å². The predicted octanol–water partition coefficient (Wildman–Crippen LogP) is 7.15. The summed E-state index contributed by atoms with van der Waals surface area (Å²) in [4.78, 5) is -0.985. The third-order valence-electron chi connectivity index (χ3n) is 6.86. The van der Waals surface area contributed by atoms with Crippen LogP contribution in [0, 0.1) is 5.41 Å². The largest absolute Gasteiger partial charge is 0.726 e. The van der Waals surface area contributed by atoms with E-state index >= 15 is 0 Å². The lowest BCUT2D eigenvalue weighted by Gasteiger charge is -2.48. The predicted molar refractivity (Wildman–Crippen MR) is 136 cm³/mol. The average Bonchev–Trinajstić information content (AvgIpc) is 2.84. The fourth-order valence-corrected chi connectivity index (χ4v) is 5.40. The zero-order valence-corrected chi connectivity index (χ0v) is 27.9. The highest BCUT2D eigenvalue weighted by atomic mass is 32.3. The van der Waals surface area contributed by atoms with E-state index in [0.29, 0.717) is 0 Å². The summed E-state index contributed by atoms with van der Waals surface area (Å²) >= 11 is 0. The van der Waals surface area contributed by atoms with Gasteiger partial charge in [-0.2, -0.15) is 83.4 Å². The Hall–Kier alpha value is -2.83. The molecule has 0 aliphatic carbocycles. The molecule has 2 atom stereocenters. The van der Waals surface area contributed by atoms with E-state index in [4.69, 9.17) is 17.5 Å². The van der Waals surface area contributed by atoms with Crippen molar-refractivity contribution in [3.63, 3.8) is 0 Å². The number of hydrogen-bond acceptors (Lipinski definition) is 6. The van der Waals surface area contributed by atoms with E-state index in [0.717, 1.165) is 0 Å². The number of hydrogen-bond donors (Lipinski definition) is 2. The van der Waals surface area contributed by atoms with Gasteiger partial charge in [-0.25, -0.2) is 21.6 Å². The van der Waals surface area contributed by atoms with Crippen LogP contribution in [-0.4, -0.2) is 106 Å². The van der Waals surface area contributed by atoms with Crippen molar-refractivity contribution < 1.29 is 119 Å². The summed E-state index contributed by atoms with van der Waals surface area (Å²) in [6.07, 6.45) is -41.4. The molecule has 2 unspecified atom stereocenters. The zero-order valence-electron chi connectivity index (χ0n) is 26.3. The van der Waals surface area contributed by atoms with Gasteiger partial charge in [0.1, 0.15) is 17.4 Å². The Morgan fingerprint density at radius 1 is 0.679 bits per heavy atom. The molecule has 1 aromatic rings. The Labute approximate surface area is 285 Å². The first-order chi connectivity index (χ1) is 22.7. The van der Waals surface area contributed by atoms with Crippen LogP contribution in [0.1, 0.15) is 13.8 Å². The number of nitrogens with zero attached hydrogens (tertiary/aromatic N) is 1. The quantitative estimate of drug-likeness (QED) is 0.0840. The van der Waals surface area contributed by atoms with E-state index in [-0.39, 0.29) is 28.7 Å². The maximum absolute atomic E-state index is 14.4. The Morgan fingerprint density at radius 2 is 1.02 bits per heavy atom. The fraction of sp³-hybridized carbons (Fsp3) is 0.652. The highest BCUT2D eigenvalue weighted by Crippen LogP contribution is 2.72. The molecule has 0 radical (unpaired) electrons. The van der Waals surface area contributed by atoms with Crippen LogP contribution >= 0.6 is 0 Å². The van der Waals surface area contributed by atoms with Crippen LogP contribution in [0.4, 0.5) is 83.4 Å². The number of quaternary nitrogens is 1. The first kappa shape index (κ1) is 50.2. The lowest BCUT2D eigenvalue weighted by molar-refractivity contribution is -0.895. The summed E-state index contributed by atoms with van der Waals surface area (Å²) in [5, 5.41) is 0. The van der Waals surface area contributed by atoms with E-state index in [1.165, 1.54) is 6.92 Å². The van der Waals surface area contributed by atoms with Crippen molar-refractivity contribution in [1.82, 2.24) is 4.72 Å². The second-order valence-electron chi connectivity index (χ2n) is 11.4. The second kappa shape index (κ2) is 15.0. The Morgan fingerprint density at radius 3 is 1.26 bits per heavy atom. The molecule has 0 amide bonds. The summed E-state index contributed by atoms with van der Waals surface area (Å²) in [5.41, 5.74) is -15.0. The van der Waals surface area contributed by atoms with Crippen molar-refractivity contribution in [2.45, 2.75) is 73.6 Å². The van der Waals surface area contributed by atoms with Crippen LogP contribution in [0.3, 0.4) is 0 Å². The molecular weight excluding hydrogens is 841 g/mol. The molecule has 0 saturated carbocycles. The van der Waals surface area contributed by atoms with E-state index in [1.54, 1.807) is 28.1 Å². The van der Waals surface area contributed by atoms with Gasteiger partial charge in [0.15, 0.2) is 0 Å². The molecule has 312 valence electrons. The van der Waals surface area contributed by atoms with Gasteiger partial charge in [-0.15, -0.1) is 0 Å². The van der Waals surface area contributed by atoms with Crippen molar-refractivity contribution >= 4 is 20.4 Å². The molecule has 30 heteroatoms. The molecule has 0 heterocycles. The second-order valence-corrected chi connectivity index (χ2v) is 13.9. The number of sulfonamides is 1. The molecule has 0 fully saturated rings. The monoisotopic (exact) mass is 864 g/mol. The normalized spacial score (nSPS) is 16.6. The van der Waals surface area contributed by atoms with Crippen molar-refractivity contribution in [2.75, 3.05) is 21.1 Å². The smallest absolute Gasteiger partial charge is 0.454 e. The first-order valence-electron chi connectivity index (χ1n) is 12.9. The molecule has 0 aromatic heterocycles. The van der Waals surface area contributed by atoms with E-state index in [1.807, 2.05) is 0 Å². The zero-order chi connectivity index (χ0) is 43.2. The van der Waals surface area contributed by atoms with Gasteiger partial charge in [0.2, 0.25) is 31.6 Å². The van der Waals surface area contributed by atoms with Crippen LogP contribution in [0.2, 0.25) is 0 Å². The van der Waals surface area contributed by atoms with Crippen LogP contribution in [0.25, 0.3) is 0 Å². The molecule has 0 saturated heterocycles. The Balaban J connectivity index is 0.00000504. The number of halogens is 19. The molecule has 1 aromatic carbocycles. The molecule has 1 rings (SSSR count). The molecule has 0 aliphatic heterocycles. The molecule has 0 spiro atoms. The molecule has 9 nitrogen and oxygen atoms in total. The van der Waals surface area contributed by atoms with Crippen molar-refractivity contribution in [1.29, 1.82) is 0 Å². The summed E-state index contributed by atoms with van der Waals surface area (Å²) in [6.45, 7) is 2.86. The molecular formula is C23H23F19N2O7S2. The van der Waals surface area contributed by atoms with Crippen molar-refractivity contribution in [3.05, 3.63) is 35.6 Å². The van der Waals surface area contributed by atoms with Gasteiger partial charge < -0.3 is 13.8 Å². The van der Waals surface area contributed by atoms with Gasteiger partial charge in [0.05, 0.1) is 32.1 Å². The lowest BCUT2D eigenvalue weighted by atomic mass is 9.66. The van der Waals surface area contributed by atoms with Gasteiger partial charge in [-0.05, 0) is 38.1 Å². The number of allylic oxidation sites excluding steroid dienone is 2. The summed E-state index contributed by atoms with van der Waals surface area (Å²) < 4.78 is 325. The number of alkyl halides is 19. The molecule has 53 heavy (non-hydrogen) atoms. The van der Waals surface area contributed by atoms with Gasteiger partial charge in [-0.3, -0.25) is 4.55 Å². The van der Waals surface area contributed by atoms with Crippen molar-refractivity contribution in [3.8, 4) is 5.75 Å². The maximum Gasteiger partial charge on any atom is 0.454 e. The van der Waals surface area contributed by atoms with Crippen molar-refractivity contribution in [2.24, 2.45) is 5.41 Å². The van der Waals surface area contributed by atoms with Crippen LogP contribution in [0.5, 0.6) is 5.75 Å². The Kier molecular flexibility index (Phi) is 14.2. The van der Waals surface area contributed by atoms with Gasteiger partial charge in [0.25, 0.3) is 0 Å². The average molecular weight is 865 g/mol. The van der Waals surface area contributed by atoms with Crippen LogP contribution in [-0.2, 0) is 20.4 Å². The van der Waals surface area contributed by atoms with Crippen LogP contribution < -0.4 is 9.46 Å². The minimum Gasteiger partial charge on any atom is -0.726 e. The third-order valence-corrected chi connectivity index (χ3v) is 8.44. The van der Waals surface area contributed by atoms with E-state index in [9.17, 15) is 91.8 Å². The summed E-state index contributed by atoms with van der Waals surface area (Å²) in [5.74, 6) is -24.9.